The first-order valence-corrected chi connectivity index (χ1v) is 7.80. The SMILES string of the molecule is O=C(Nc1ccc(NC(=O)C2CCCCC2)nc1)C1CC1. The van der Waals surface area contributed by atoms with Gasteiger partial charge in [0.15, 0.2) is 0 Å². The van der Waals surface area contributed by atoms with Crippen LogP contribution in [-0.2, 0) is 9.59 Å². The normalized spacial score (nSPS) is 19.0. The number of aromatic nitrogens is 1. The van der Waals surface area contributed by atoms with E-state index in [1.54, 1.807) is 18.3 Å². The van der Waals surface area contributed by atoms with Gasteiger partial charge in [-0.15, -0.1) is 0 Å². The summed E-state index contributed by atoms with van der Waals surface area (Å²) in [5.74, 6) is 0.980. The average Bonchev–Trinajstić information content (AvgIpc) is 3.35. The number of carbonyl (C=O) groups excluding carboxylic acids is 2. The Hall–Kier alpha value is -1.91. The molecule has 2 saturated carbocycles. The van der Waals surface area contributed by atoms with Crippen LogP contribution in [0.2, 0.25) is 0 Å². The maximum atomic E-state index is 12.1. The van der Waals surface area contributed by atoms with Gasteiger partial charge in [-0.3, -0.25) is 9.59 Å². The number of anilines is 2. The Morgan fingerprint density at radius 1 is 0.905 bits per heavy atom. The number of hydrogen-bond donors (Lipinski definition) is 2. The first-order chi connectivity index (χ1) is 10.2. The van der Waals surface area contributed by atoms with Crippen molar-refractivity contribution < 1.29 is 9.59 Å². The first kappa shape index (κ1) is 14.0. The summed E-state index contributed by atoms with van der Waals surface area (Å²) >= 11 is 0. The van der Waals surface area contributed by atoms with E-state index in [1.807, 2.05) is 0 Å². The molecule has 112 valence electrons. The zero-order valence-electron chi connectivity index (χ0n) is 12.1. The lowest BCUT2D eigenvalue weighted by Crippen LogP contribution is -2.25. The predicted molar refractivity (Wildman–Crippen MR) is 80.8 cm³/mol. The van der Waals surface area contributed by atoms with Gasteiger partial charge in [0.1, 0.15) is 5.82 Å². The molecular weight excluding hydrogens is 266 g/mol. The lowest BCUT2D eigenvalue weighted by atomic mass is 9.89. The van der Waals surface area contributed by atoms with Crippen molar-refractivity contribution in [2.24, 2.45) is 11.8 Å². The van der Waals surface area contributed by atoms with Crippen LogP contribution in [0.4, 0.5) is 11.5 Å². The van der Waals surface area contributed by atoms with Crippen molar-refractivity contribution >= 4 is 23.3 Å². The standard InChI is InChI=1S/C16H21N3O2/c20-15(12-6-7-12)18-13-8-9-14(17-10-13)19-16(21)11-4-2-1-3-5-11/h8-12H,1-7H2,(H,18,20)(H,17,19,21). The zero-order chi connectivity index (χ0) is 14.7. The van der Waals surface area contributed by atoms with E-state index in [2.05, 4.69) is 15.6 Å². The smallest absolute Gasteiger partial charge is 0.228 e. The fourth-order valence-electron chi connectivity index (χ4n) is 2.72. The maximum Gasteiger partial charge on any atom is 0.228 e. The van der Waals surface area contributed by atoms with E-state index in [0.29, 0.717) is 11.5 Å². The molecule has 0 radical (unpaired) electrons. The number of hydrogen-bond acceptors (Lipinski definition) is 3. The van der Waals surface area contributed by atoms with Gasteiger partial charge in [-0.2, -0.15) is 0 Å². The van der Waals surface area contributed by atoms with Crippen LogP contribution in [0.3, 0.4) is 0 Å². The summed E-state index contributed by atoms with van der Waals surface area (Å²) in [6.07, 6.45) is 9.01. The molecular formula is C16H21N3O2. The number of nitrogens with one attached hydrogen (secondary N) is 2. The van der Waals surface area contributed by atoms with E-state index in [-0.39, 0.29) is 23.7 Å². The van der Waals surface area contributed by atoms with Gasteiger partial charge in [-0.25, -0.2) is 4.98 Å². The Balaban J connectivity index is 1.53. The monoisotopic (exact) mass is 287 g/mol. The second-order valence-electron chi connectivity index (χ2n) is 6.02. The van der Waals surface area contributed by atoms with E-state index >= 15 is 0 Å². The highest BCUT2D eigenvalue weighted by Crippen LogP contribution is 2.30. The van der Waals surface area contributed by atoms with Crippen molar-refractivity contribution in [3.63, 3.8) is 0 Å². The van der Waals surface area contributed by atoms with Crippen molar-refractivity contribution in [3.8, 4) is 0 Å². The fraction of sp³-hybridized carbons (Fsp3) is 0.562. The molecule has 5 nitrogen and oxygen atoms in total. The molecule has 2 fully saturated rings. The number of pyridine rings is 1. The van der Waals surface area contributed by atoms with Crippen molar-refractivity contribution in [1.29, 1.82) is 0 Å². The van der Waals surface area contributed by atoms with Crippen LogP contribution in [0.25, 0.3) is 0 Å². The molecule has 1 aromatic heterocycles. The van der Waals surface area contributed by atoms with Crippen LogP contribution in [0.5, 0.6) is 0 Å². The van der Waals surface area contributed by atoms with E-state index in [9.17, 15) is 9.59 Å². The van der Waals surface area contributed by atoms with Crippen LogP contribution in [0.15, 0.2) is 18.3 Å². The average molecular weight is 287 g/mol. The molecule has 1 heterocycles. The zero-order valence-corrected chi connectivity index (χ0v) is 12.1. The largest absolute Gasteiger partial charge is 0.324 e. The summed E-state index contributed by atoms with van der Waals surface area (Å²) < 4.78 is 0. The van der Waals surface area contributed by atoms with E-state index in [0.717, 1.165) is 38.5 Å². The molecule has 2 aliphatic rings. The number of rotatable bonds is 4. The Labute approximate surface area is 124 Å². The van der Waals surface area contributed by atoms with Gasteiger partial charge in [-0.1, -0.05) is 19.3 Å². The minimum Gasteiger partial charge on any atom is -0.324 e. The third-order valence-corrected chi connectivity index (χ3v) is 4.21. The molecule has 21 heavy (non-hydrogen) atoms. The molecule has 0 unspecified atom stereocenters. The Morgan fingerprint density at radius 3 is 2.19 bits per heavy atom. The van der Waals surface area contributed by atoms with Gasteiger partial charge in [0, 0.05) is 11.8 Å². The molecule has 2 N–H and O–H groups in total. The van der Waals surface area contributed by atoms with E-state index < -0.39 is 0 Å². The fourth-order valence-corrected chi connectivity index (χ4v) is 2.72. The lowest BCUT2D eigenvalue weighted by Gasteiger charge is -2.20. The molecule has 1 aromatic rings. The molecule has 5 heteroatoms. The van der Waals surface area contributed by atoms with Crippen molar-refractivity contribution in [2.45, 2.75) is 44.9 Å². The second-order valence-corrected chi connectivity index (χ2v) is 6.02. The van der Waals surface area contributed by atoms with Crippen LogP contribution in [0.1, 0.15) is 44.9 Å². The summed E-state index contributed by atoms with van der Waals surface area (Å²) in [5.41, 5.74) is 0.683. The molecule has 2 amide bonds. The van der Waals surface area contributed by atoms with E-state index in [1.165, 1.54) is 6.42 Å². The lowest BCUT2D eigenvalue weighted by molar-refractivity contribution is -0.120. The maximum absolute atomic E-state index is 12.1. The minimum atomic E-state index is 0.0655. The van der Waals surface area contributed by atoms with Crippen LogP contribution < -0.4 is 10.6 Å². The summed E-state index contributed by atoms with van der Waals surface area (Å²) in [7, 11) is 0. The third kappa shape index (κ3) is 3.80. The van der Waals surface area contributed by atoms with Crippen LogP contribution >= 0.6 is 0 Å². The molecule has 2 aliphatic carbocycles. The molecule has 0 atom stereocenters. The van der Waals surface area contributed by atoms with Gasteiger partial charge in [0.05, 0.1) is 11.9 Å². The summed E-state index contributed by atoms with van der Waals surface area (Å²) in [4.78, 5) is 27.9. The van der Waals surface area contributed by atoms with Gasteiger partial charge in [0.25, 0.3) is 0 Å². The van der Waals surface area contributed by atoms with Gasteiger partial charge < -0.3 is 10.6 Å². The molecule has 0 bridgehead atoms. The molecule has 0 aliphatic heterocycles. The Kier molecular flexibility index (Phi) is 4.18. The third-order valence-electron chi connectivity index (χ3n) is 4.21. The van der Waals surface area contributed by atoms with Gasteiger partial charge in [0.2, 0.25) is 11.8 Å². The first-order valence-electron chi connectivity index (χ1n) is 7.80. The molecule has 0 aromatic carbocycles. The number of amides is 2. The van der Waals surface area contributed by atoms with Crippen LogP contribution in [0, 0.1) is 11.8 Å². The summed E-state index contributed by atoms with van der Waals surface area (Å²) in [6.45, 7) is 0. The van der Waals surface area contributed by atoms with Crippen LogP contribution in [-0.4, -0.2) is 16.8 Å². The van der Waals surface area contributed by atoms with Gasteiger partial charge in [-0.05, 0) is 37.8 Å². The van der Waals surface area contributed by atoms with E-state index in [4.69, 9.17) is 0 Å². The van der Waals surface area contributed by atoms with Crippen molar-refractivity contribution in [3.05, 3.63) is 18.3 Å². The van der Waals surface area contributed by atoms with Crippen molar-refractivity contribution in [2.75, 3.05) is 10.6 Å². The number of nitrogens with zero attached hydrogens (tertiary/aromatic N) is 1. The highest BCUT2D eigenvalue weighted by molar-refractivity contribution is 5.94. The summed E-state index contributed by atoms with van der Waals surface area (Å²) in [6, 6.07) is 3.52. The van der Waals surface area contributed by atoms with Gasteiger partial charge >= 0.3 is 0 Å². The summed E-state index contributed by atoms with van der Waals surface area (Å²) in [5, 5.41) is 5.70. The highest BCUT2D eigenvalue weighted by atomic mass is 16.2. The topological polar surface area (TPSA) is 71.1 Å². The Bertz CT molecular complexity index is 517. The molecule has 3 rings (SSSR count). The predicted octanol–water partition coefficient (Wildman–Crippen LogP) is 2.95. The van der Waals surface area contributed by atoms with Crippen molar-refractivity contribution in [1.82, 2.24) is 4.98 Å². The minimum absolute atomic E-state index is 0.0655. The quantitative estimate of drug-likeness (QED) is 0.894. The Morgan fingerprint density at radius 2 is 1.57 bits per heavy atom. The second kappa shape index (κ2) is 6.24. The molecule has 0 spiro atoms. The number of carbonyl (C=O) groups is 2. The highest BCUT2D eigenvalue weighted by Gasteiger charge is 2.29. The molecule has 0 saturated heterocycles.